The molecule has 0 spiro atoms. The first-order valence-corrected chi connectivity index (χ1v) is 8.80. The number of alkyl carbamates (subject to hydrolysis) is 1. The van der Waals surface area contributed by atoms with Gasteiger partial charge in [0.1, 0.15) is 5.60 Å². The maximum atomic E-state index is 11.7. The fourth-order valence-electron chi connectivity index (χ4n) is 1.70. The minimum absolute atomic E-state index is 0.107. The van der Waals surface area contributed by atoms with Crippen molar-refractivity contribution in [3.05, 3.63) is 12.7 Å². The number of hydrogen-bond donors (Lipinski definition) is 2. The molecule has 0 aliphatic carbocycles. The van der Waals surface area contributed by atoms with Gasteiger partial charge in [0.2, 0.25) is 0 Å². The molecular formula is C17H34N2O2S. The van der Waals surface area contributed by atoms with Crippen molar-refractivity contribution < 1.29 is 9.53 Å². The number of amides is 1. The standard InChI is InChI=1S/C17H34N2O2S/c1-9-14(19-22-17(6,7)8)12-10-11-13(2)18-15(20)21-16(3,4)5/h9,13-14,19H,1,10-12H2,2-8H3,(H,18,20). The summed E-state index contributed by atoms with van der Waals surface area (Å²) in [5.41, 5.74) is -0.453. The highest BCUT2D eigenvalue weighted by Gasteiger charge is 2.18. The van der Waals surface area contributed by atoms with E-state index in [1.807, 2.05) is 33.8 Å². The minimum atomic E-state index is -0.453. The highest BCUT2D eigenvalue weighted by Crippen LogP contribution is 2.21. The molecule has 4 nitrogen and oxygen atoms in total. The summed E-state index contributed by atoms with van der Waals surface area (Å²) in [7, 11) is 0. The van der Waals surface area contributed by atoms with Crippen LogP contribution in [0, 0.1) is 0 Å². The Morgan fingerprint density at radius 1 is 1.23 bits per heavy atom. The fourth-order valence-corrected chi connectivity index (χ4v) is 2.42. The summed E-state index contributed by atoms with van der Waals surface area (Å²) in [4.78, 5) is 11.7. The smallest absolute Gasteiger partial charge is 0.407 e. The zero-order valence-electron chi connectivity index (χ0n) is 15.3. The van der Waals surface area contributed by atoms with E-state index in [0.29, 0.717) is 0 Å². The summed E-state index contributed by atoms with van der Waals surface area (Å²) >= 11 is 1.73. The molecule has 2 unspecified atom stereocenters. The van der Waals surface area contributed by atoms with E-state index in [9.17, 15) is 4.79 Å². The minimum Gasteiger partial charge on any atom is -0.444 e. The average Bonchev–Trinajstić information content (AvgIpc) is 2.29. The molecule has 0 saturated carbocycles. The molecular weight excluding hydrogens is 296 g/mol. The van der Waals surface area contributed by atoms with Crippen LogP contribution < -0.4 is 10.0 Å². The molecule has 0 aromatic heterocycles. The van der Waals surface area contributed by atoms with Crippen molar-refractivity contribution >= 4 is 18.0 Å². The Kier molecular flexibility index (Phi) is 9.16. The Morgan fingerprint density at radius 2 is 1.82 bits per heavy atom. The average molecular weight is 331 g/mol. The number of rotatable bonds is 8. The normalized spacial score (nSPS) is 15.0. The Morgan fingerprint density at radius 3 is 2.27 bits per heavy atom. The molecule has 130 valence electrons. The summed E-state index contributed by atoms with van der Waals surface area (Å²) in [6.45, 7) is 18.0. The van der Waals surface area contributed by atoms with Crippen LogP contribution in [0.4, 0.5) is 4.79 Å². The van der Waals surface area contributed by atoms with Crippen molar-refractivity contribution in [2.75, 3.05) is 0 Å². The second-order valence-electron chi connectivity index (χ2n) is 7.65. The van der Waals surface area contributed by atoms with Crippen LogP contribution in [0.1, 0.15) is 67.7 Å². The molecule has 5 heteroatoms. The van der Waals surface area contributed by atoms with Crippen molar-refractivity contribution in [1.29, 1.82) is 0 Å². The molecule has 0 aromatic rings. The van der Waals surface area contributed by atoms with E-state index in [1.165, 1.54) is 0 Å². The summed E-state index contributed by atoms with van der Waals surface area (Å²) in [5, 5.41) is 2.87. The van der Waals surface area contributed by atoms with Gasteiger partial charge in [-0.2, -0.15) is 0 Å². The predicted molar refractivity (Wildman–Crippen MR) is 97.1 cm³/mol. The number of nitrogens with one attached hydrogen (secondary N) is 2. The van der Waals surface area contributed by atoms with E-state index in [1.54, 1.807) is 11.9 Å². The highest BCUT2D eigenvalue weighted by atomic mass is 32.2. The summed E-state index contributed by atoms with van der Waals surface area (Å²) in [5.74, 6) is 0. The summed E-state index contributed by atoms with van der Waals surface area (Å²) < 4.78 is 8.88. The van der Waals surface area contributed by atoms with Crippen molar-refractivity contribution in [2.24, 2.45) is 0 Å². The Bertz CT molecular complexity index is 346. The van der Waals surface area contributed by atoms with Gasteiger partial charge in [-0.15, -0.1) is 6.58 Å². The van der Waals surface area contributed by atoms with Crippen LogP contribution in [0.15, 0.2) is 12.7 Å². The largest absolute Gasteiger partial charge is 0.444 e. The van der Waals surface area contributed by atoms with Crippen LogP contribution in [0.5, 0.6) is 0 Å². The molecule has 0 heterocycles. The van der Waals surface area contributed by atoms with E-state index in [2.05, 4.69) is 37.4 Å². The number of carbonyl (C=O) groups is 1. The maximum Gasteiger partial charge on any atom is 0.407 e. The Labute approximate surface area is 141 Å². The molecule has 2 N–H and O–H groups in total. The van der Waals surface area contributed by atoms with Crippen molar-refractivity contribution in [3.8, 4) is 0 Å². The van der Waals surface area contributed by atoms with Crippen LogP contribution in [0.25, 0.3) is 0 Å². The molecule has 0 radical (unpaired) electrons. The van der Waals surface area contributed by atoms with Crippen molar-refractivity contribution in [1.82, 2.24) is 10.0 Å². The van der Waals surface area contributed by atoms with Crippen LogP contribution in [-0.2, 0) is 4.74 Å². The van der Waals surface area contributed by atoms with Crippen molar-refractivity contribution in [3.63, 3.8) is 0 Å². The molecule has 0 aliphatic heterocycles. The third kappa shape index (κ3) is 13.0. The third-order valence-electron chi connectivity index (χ3n) is 2.72. The molecule has 1 amide bonds. The maximum absolute atomic E-state index is 11.7. The van der Waals surface area contributed by atoms with Gasteiger partial charge in [0, 0.05) is 16.8 Å². The lowest BCUT2D eigenvalue weighted by molar-refractivity contribution is 0.0506. The number of ether oxygens (including phenoxy) is 1. The molecule has 0 rings (SSSR count). The first kappa shape index (κ1) is 21.3. The van der Waals surface area contributed by atoms with E-state index < -0.39 is 5.60 Å². The second kappa shape index (κ2) is 9.46. The van der Waals surface area contributed by atoms with Gasteiger partial charge in [0.15, 0.2) is 0 Å². The quantitative estimate of drug-likeness (QED) is 0.502. The molecule has 0 saturated heterocycles. The first-order chi connectivity index (χ1) is 9.93. The lowest BCUT2D eigenvalue weighted by atomic mass is 10.1. The monoisotopic (exact) mass is 330 g/mol. The van der Waals surface area contributed by atoms with Crippen LogP contribution >= 0.6 is 11.9 Å². The topological polar surface area (TPSA) is 50.4 Å². The van der Waals surface area contributed by atoms with E-state index in [0.717, 1.165) is 19.3 Å². The third-order valence-corrected chi connectivity index (χ3v) is 3.75. The van der Waals surface area contributed by atoms with Gasteiger partial charge < -0.3 is 10.1 Å². The molecule has 0 fully saturated rings. The zero-order valence-corrected chi connectivity index (χ0v) is 16.1. The number of hydrogen-bond acceptors (Lipinski definition) is 4. The van der Waals surface area contributed by atoms with Crippen LogP contribution in [0.2, 0.25) is 0 Å². The first-order valence-electron chi connectivity index (χ1n) is 7.98. The van der Waals surface area contributed by atoms with Crippen molar-refractivity contribution in [2.45, 2.75) is 90.2 Å². The zero-order chi connectivity index (χ0) is 17.4. The lowest BCUT2D eigenvalue weighted by Crippen LogP contribution is -2.37. The van der Waals surface area contributed by atoms with Gasteiger partial charge in [-0.3, -0.25) is 4.72 Å². The molecule has 2 atom stereocenters. The molecule has 22 heavy (non-hydrogen) atoms. The number of carbonyl (C=O) groups excluding carboxylic acids is 1. The highest BCUT2D eigenvalue weighted by molar-refractivity contribution is 7.98. The van der Waals surface area contributed by atoms with Crippen LogP contribution in [0.3, 0.4) is 0 Å². The van der Waals surface area contributed by atoms with E-state index in [4.69, 9.17) is 4.74 Å². The van der Waals surface area contributed by atoms with E-state index >= 15 is 0 Å². The molecule has 0 aliphatic rings. The second-order valence-corrected chi connectivity index (χ2v) is 9.32. The molecule has 0 aromatic carbocycles. The van der Waals surface area contributed by atoms with Crippen LogP contribution in [-0.4, -0.2) is 28.5 Å². The predicted octanol–water partition coefficient (Wildman–Crippen LogP) is 4.66. The lowest BCUT2D eigenvalue weighted by Gasteiger charge is -2.23. The fraction of sp³-hybridized carbons (Fsp3) is 0.824. The summed E-state index contributed by atoms with van der Waals surface area (Å²) in [6, 6.07) is 0.397. The SMILES string of the molecule is C=CC(CCCC(C)NC(=O)OC(C)(C)C)NSC(C)(C)C. The summed E-state index contributed by atoms with van der Waals surface area (Å²) in [6.07, 6.45) is 4.55. The van der Waals surface area contributed by atoms with Gasteiger partial charge in [0.25, 0.3) is 0 Å². The van der Waals surface area contributed by atoms with E-state index in [-0.39, 0.29) is 22.9 Å². The van der Waals surface area contributed by atoms with Gasteiger partial charge >= 0.3 is 6.09 Å². The molecule has 0 bridgehead atoms. The van der Waals surface area contributed by atoms with Gasteiger partial charge in [-0.1, -0.05) is 18.0 Å². The Balaban J connectivity index is 3.97. The van der Waals surface area contributed by atoms with Gasteiger partial charge in [-0.25, -0.2) is 4.79 Å². The van der Waals surface area contributed by atoms with Gasteiger partial charge in [0.05, 0.1) is 0 Å². The Hall–Kier alpha value is -0.680. The van der Waals surface area contributed by atoms with Gasteiger partial charge in [-0.05, 0) is 67.7 Å².